The molecule has 128 valence electrons. The van der Waals surface area contributed by atoms with Crippen molar-refractivity contribution in [2.45, 2.75) is 20.0 Å². The Bertz CT molecular complexity index is 901. The standard InChI is InChI=1S/C19H19N3O3/c1-12-4-6-14(7-5-12)15-8-16(19(23)24)10-17(9-15)22-18(13(2)25-3)20-11-21-22/h4-11,13H,1-3H3,(H,23,24). The zero-order valence-electron chi connectivity index (χ0n) is 14.3. The van der Waals surface area contributed by atoms with Gasteiger partial charge in [0.15, 0.2) is 5.82 Å². The molecule has 0 saturated heterocycles. The van der Waals surface area contributed by atoms with E-state index in [1.165, 1.54) is 6.33 Å². The topological polar surface area (TPSA) is 77.2 Å². The first kappa shape index (κ1) is 16.9. The quantitative estimate of drug-likeness (QED) is 0.769. The largest absolute Gasteiger partial charge is 0.478 e. The molecule has 3 aromatic rings. The minimum Gasteiger partial charge on any atom is -0.478 e. The molecule has 0 amide bonds. The highest BCUT2D eigenvalue weighted by molar-refractivity contribution is 5.90. The van der Waals surface area contributed by atoms with Crippen LogP contribution in [-0.2, 0) is 4.74 Å². The summed E-state index contributed by atoms with van der Waals surface area (Å²) in [6.07, 6.45) is 1.17. The third-order valence-corrected chi connectivity index (χ3v) is 4.09. The zero-order chi connectivity index (χ0) is 18.0. The Kier molecular flexibility index (Phi) is 4.63. The van der Waals surface area contributed by atoms with Gasteiger partial charge in [-0.1, -0.05) is 29.8 Å². The van der Waals surface area contributed by atoms with Crippen molar-refractivity contribution in [3.8, 4) is 16.8 Å². The third kappa shape index (κ3) is 3.44. The molecule has 2 aromatic carbocycles. The van der Waals surface area contributed by atoms with Crippen LogP contribution < -0.4 is 0 Å². The maximum Gasteiger partial charge on any atom is 0.335 e. The molecule has 3 rings (SSSR count). The molecule has 0 radical (unpaired) electrons. The van der Waals surface area contributed by atoms with Gasteiger partial charge in [-0.3, -0.25) is 0 Å². The van der Waals surface area contributed by atoms with Crippen molar-refractivity contribution in [1.82, 2.24) is 14.8 Å². The van der Waals surface area contributed by atoms with Gasteiger partial charge in [-0.2, -0.15) is 5.10 Å². The van der Waals surface area contributed by atoms with Gasteiger partial charge < -0.3 is 9.84 Å². The van der Waals surface area contributed by atoms with Crippen molar-refractivity contribution in [2.75, 3.05) is 7.11 Å². The van der Waals surface area contributed by atoms with Crippen LogP contribution in [0, 0.1) is 6.92 Å². The molecular formula is C19H19N3O3. The van der Waals surface area contributed by atoms with Gasteiger partial charge in [0.1, 0.15) is 12.4 Å². The maximum absolute atomic E-state index is 11.6. The Balaban J connectivity index is 2.16. The highest BCUT2D eigenvalue weighted by atomic mass is 16.5. The number of methoxy groups -OCH3 is 1. The van der Waals surface area contributed by atoms with Crippen LogP contribution in [0.5, 0.6) is 0 Å². The number of nitrogens with zero attached hydrogens (tertiary/aromatic N) is 3. The predicted molar refractivity (Wildman–Crippen MR) is 93.9 cm³/mol. The molecule has 0 aliphatic heterocycles. The Hall–Kier alpha value is -2.99. The average Bonchev–Trinajstić information content (AvgIpc) is 3.11. The number of carboxylic acids is 1. The third-order valence-electron chi connectivity index (χ3n) is 4.09. The molecule has 1 heterocycles. The van der Waals surface area contributed by atoms with Gasteiger partial charge in [-0.05, 0) is 43.2 Å². The van der Waals surface area contributed by atoms with Crippen LogP contribution in [0.2, 0.25) is 0 Å². The van der Waals surface area contributed by atoms with E-state index in [9.17, 15) is 9.90 Å². The number of ether oxygens (including phenoxy) is 1. The molecule has 25 heavy (non-hydrogen) atoms. The van der Waals surface area contributed by atoms with Crippen LogP contribution in [0.25, 0.3) is 16.8 Å². The summed E-state index contributed by atoms with van der Waals surface area (Å²) in [5.74, 6) is -0.378. The second kappa shape index (κ2) is 6.86. The molecule has 0 fully saturated rings. The lowest BCUT2D eigenvalue weighted by atomic mass is 10.0. The summed E-state index contributed by atoms with van der Waals surface area (Å²) >= 11 is 0. The van der Waals surface area contributed by atoms with E-state index in [-0.39, 0.29) is 11.7 Å². The fraction of sp³-hybridized carbons (Fsp3) is 0.211. The number of carboxylic acid groups (broad SMARTS) is 1. The van der Waals surface area contributed by atoms with E-state index in [0.717, 1.165) is 16.7 Å². The van der Waals surface area contributed by atoms with E-state index in [1.54, 1.807) is 23.9 Å². The number of rotatable bonds is 5. The van der Waals surface area contributed by atoms with Gasteiger partial charge in [0.05, 0.1) is 11.3 Å². The first-order valence-electron chi connectivity index (χ1n) is 7.88. The highest BCUT2D eigenvalue weighted by Gasteiger charge is 2.16. The Labute approximate surface area is 145 Å². The van der Waals surface area contributed by atoms with E-state index < -0.39 is 5.97 Å². The van der Waals surface area contributed by atoms with Gasteiger partial charge in [0, 0.05) is 7.11 Å². The van der Waals surface area contributed by atoms with E-state index in [1.807, 2.05) is 44.2 Å². The van der Waals surface area contributed by atoms with Crippen molar-refractivity contribution in [2.24, 2.45) is 0 Å². The van der Waals surface area contributed by atoms with Crippen LogP contribution in [-0.4, -0.2) is 33.0 Å². The minimum atomic E-state index is -0.989. The first-order valence-corrected chi connectivity index (χ1v) is 7.88. The Morgan fingerprint density at radius 1 is 1.16 bits per heavy atom. The molecule has 1 unspecified atom stereocenters. The number of benzene rings is 2. The second-order valence-electron chi connectivity index (χ2n) is 5.85. The maximum atomic E-state index is 11.6. The lowest BCUT2D eigenvalue weighted by molar-refractivity contribution is 0.0697. The molecule has 6 heteroatoms. The lowest BCUT2D eigenvalue weighted by Gasteiger charge is -2.13. The van der Waals surface area contributed by atoms with E-state index in [4.69, 9.17) is 4.74 Å². The van der Waals surface area contributed by atoms with Crippen molar-refractivity contribution in [3.05, 3.63) is 65.7 Å². The molecule has 1 atom stereocenters. The van der Waals surface area contributed by atoms with Gasteiger partial charge >= 0.3 is 5.97 Å². The summed E-state index contributed by atoms with van der Waals surface area (Å²) in [5, 5.41) is 13.7. The number of aryl methyl sites for hydroxylation is 1. The van der Waals surface area contributed by atoms with Crippen molar-refractivity contribution < 1.29 is 14.6 Å². The van der Waals surface area contributed by atoms with E-state index >= 15 is 0 Å². The average molecular weight is 337 g/mol. The summed E-state index contributed by atoms with van der Waals surface area (Å²) < 4.78 is 6.93. The summed E-state index contributed by atoms with van der Waals surface area (Å²) in [6, 6.07) is 13.1. The van der Waals surface area contributed by atoms with Gasteiger partial charge in [-0.25, -0.2) is 14.5 Å². The van der Waals surface area contributed by atoms with Gasteiger partial charge in [0.2, 0.25) is 0 Å². The zero-order valence-corrected chi connectivity index (χ0v) is 14.3. The van der Waals surface area contributed by atoms with Gasteiger partial charge in [-0.15, -0.1) is 0 Å². The Morgan fingerprint density at radius 2 is 1.88 bits per heavy atom. The van der Waals surface area contributed by atoms with Crippen molar-refractivity contribution in [3.63, 3.8) is 0 Å². The summed E-state index contributed by atoms with van der Waals surface area (Å²) in [4.78, 5) is 15.8. The molecule has 0 aliphatic rings. The number of aromatic nitrogens is 3. The first-order chi connectivity index (χ1) is 12.0. The summed E-state index contributed by atoms with van der Waals surface area (Å²) in [6.45, 7) is 3.87. The van der Waals surface area contributed by atoms with Crippen LogP contribution in [0.4, 0.5) is 0 Å². The van der Waals surface area contributed by atoms with E-state index in [2.05, 4.69) is 10.1 Å². The van der Waals surface area contributed by atoms with Crippen molar-refractivity contribution >= 4 is 5.97 Å². The van der Waals surface area contributed by atoms with Crippen LogP contribution in [0.1, 0.15) is 34.8 Å². The normalized spacial score (nSPS) is 12.1. The fourth-order valence-electron chi connectivity index (χ4n) is 2.60. The smallest absolute Gasteiger partial charge is 0.335 e. The molecule has 1 N–H and O–H groups in total. The van der Waals surface area contributed by atoms with Crippen molar-refractivity contribution in [1.29, 1.82) is 0 Å². The molecule has 6 nitrogen and oxygen atoms in total. The van der Waals surface area contributed by atoms with Gasteiger partial charge in [0.25, 0.3) is 0 Å². The molecule has 1 aromatic heterocycles. The molecule has 0 spiro atoms. The lowest BCUT2D eigenvalue weighted by Crippen LogP contribution is -2.09. The molecule has 0 aliphatic carbocycles. The highest BCUT2D eigenvalue weighted by Crippen LogP contribution is 2.26. The minimum absolute atomic E-state index is 0.194. The van der Waals surface area contributed by atoms with E-state index in [0.29, 0.717) is 11.5 Å². The molecular weight excluding hydrogens is 318 g/mol. The number of hydrogen-bond acceptors (Lipinski definition) is 4. The number of carbonyl (C=O) groups is 1. The molecule has 0 bridgehead atoms. The number of hydrogen-bond donors (Lipinski definition) is 1. The monoisotopic (exact) mass is 337 g/mol. The second-order valence-corrected chi connectivity index (χ2v) is 5.85. The van der Waals surface area contributed by atoms with Crippen LogP contribution >= 0.6 is 0 Å². The fourth-order valence-corrected chi connectivity index (χ4v) is 2.60. The van der Waals surface area contributed by atoms with Crippen LogP contribution in [0.15, 0.2) is 48.8 Å². The predicted octanol–water partition coefficient (Wildman–Crippen LogP) is 3.65. The summed E-state index contributed by atoms with van der Waals surface area (Å²) in [5.41, 5.74) is 3.72. The molecule has 0 saturated carbocycles. The summed E-state index contributed by atoms with van der Waals surface area (Å²) in [7, 11) is 1.59. The Morgan fingerprint density at radius 3 is 2.52 bits per heavy atom. The van der Waals surface area contributed by atoms with Crippen LogP contribution in [0.3, 0.4) is 0 Å². The SMILES string of the molecule is COC(C)c1ncnn1-c1cc(C(=O)O)cc(-c2ccc(C)cc2)c1. The number of aromatic carboxylic acids is 1.